The molecule has 82 valence electrons. The highest BCUT2D eigenvalue weighted by Crippen LogP contribution is 2.17. The number of Topliss-reactive ketones (excluding diaryl/α,β-unsaturated/α-hetero) is 1. The van der Waals surface area contributed by atoms with E-state index in [-0.39, 0.29) is 5.78 Å². The molecule has 0 fully saturated rings. The average molecular weight is 205 g/mol. The molecule has 1 aromatic rings. The van der Waals surface area contributed by atoms with Gasteiger partial charge in [-0.05, 0) is 44.0 Å². The van der Waals surface area contributed by atoms with Gasteiger partial charge in [-0.25, -0.2) is 0 Å². The maximum Gasteiger partial charge on any atom is 0.131 e. The first kappa shape index (κ1) is 11.8. The van der Waals surface area contributed by atoms with Crippen LogP contribution in [0.4, 0.5) is 5.69 Å². The zero-order valence-corrected chi connectivity index (χ0v) is 10.0. The summed E-state index contributed by atoms with van der Waals surface area (Å²) >= 11 is 0. The Morgan fingerprint density at radius 3 is 2.47 bits per heavy atom. The van der Waals surface area contributed by atoms with Crippen molar-refractivity contribution in [1.29, 1.82) is 0 Å². The van der Waals surface area contributed by atoms with Crippen LogP contribution in [0, 0.1) is 13.8 Å². The van der Waals surface area contributed by atoms with Gasteiger partial charge in [0.05, 0.1) is 0 Å². The zero-order chi connectivity index (χ0) is 11.4. The van der Waals surface area contributed by atoms with Gasteiger partial charge in [-0.1, -0.05) is 6.07 Å². The van der Waals surface area contributed by atoms with Crippen molar-refractivity contribution in [3.05, 3.63) is 29.3 Å². The normalized spacial score (nSPS) is 10.1. The van der Waals surface area contributed by atoms with Gasteiger partial charge in [0.15, 0.2) is 0 Å². The molecule has 0 bridgehead atoms. The molecule has 0 amide bonds. The maximum atomic E-state index is 10.9. The summed E-state index contributed by atoms with van der Waals surface area (Å²) < 4.78 is 0. The highest BCUT2D eigenvalue weighted by Gasteiger charge is 2.03. The lowest BCUT2D eigenvalue weighted by molar-refractivity contribution is -0.116. The highest BCUT2D eigenvalue weighted by atomic mass is 16.1. The molecule has 0 spiro atoms. The molecule has 1 aromatic carbocycles. The fraction of sp³-hybridized carbons (Fsp3) is 0.462. The standard InChI is InChI=1S/C13H19NO/c1-10-5-6-13(9-11(10)2)14(4)8-7-12(3)15/h5-6,9H,7-8H2,1-4H3. The van der Waals surface area contributed by atoms with E-state index < -0.39 is 0 Å². The van der Waals surface area contributed by atoms with Crippen LogP contribution in [0.2, 0.25) is 0 Å². The minimum absolute atomic E-state index is 0.241. The van der Waals surface area contributed by atoms with Crippen molar-refractivity contribution in [2.24, 2.45) is 0 Å². The largest absolute Gasteiger partial charge is 0.374 e. The van der Waals surface area contributed by atoms with Crippen LogP contribution in [0.5, 0.6) is 0 Å². The number of hydrogen-bond acceptors (Lipinski definition) is 2. The molecule has 0 aliphatic carbocycles. The maximum absolute atomic E-state index is 10.9. The topological polar surface area (TPSA) is 20.3 Å². The van der Waals surface area contributed by atoms with Crippen molar-refractivity contribution in [3.63, 3.8) is 0 Å². The van der Waals surface area contributed by atoms with E-state index in [1.54, 1.807) is 6.92 Å². The van der Waals surface area contributed by atoms with Gasteiger partial charge < -0.3 is 4.90 Å². The number of carbonyl (C=O) groups excluding carboxylic acids is 1. The van der Waals surface area contributed by atoms with Gasteiger partial charge in [0.1, 0.15) is 5.78 Å². The fourth-order valence-electron chi connectivity index (χ4n) is 1.42. The Hall–Kier alpha value is -1.31. The van der Waals surface area contributed by atoms with Crippen molar-refractivity contribution in [1.82, 2.24) is 0 Å². The summed E-state index contributed by atoms with van der Waals surface area (Å²) in [7, 11) is 2.02. The van der Waals surface area contributed by atoms with Gasteiger partial charge in [0, 0.05) is 25.7 Å². The Bertz CT molecular complexity index is 358. The van der Waals surface area contributed by atoms with E-state index in [1.807, 2.05) is 7.05 Å². The zero-order valence-electron chi connectivity index (χ0n) is 10.0. The Morgan fingerprint density at radius 2 is 1.93 bits per heavy atom. The summed E-state index contributed by atoms with van der Waals surface area (Å²) in [5.41, 5.74) is 3.78. The molecule has 15 heavy (non-hydrogen) atoms. The Morgan fingerprint density at radius 1 is 1.27 bits per heavy atom. The monoisotopic (exact) mass is 205 g/mol. The fourth-order valence-corrected chi connectivity index (χ4v) is 1.42. The molecule has 2 heteroatoms. The van der Waals surface area contributed by atoms with Crippen molar-refractivity contribution < 1.29 is 4.79 Å². The predicted molar refractivity (Wildman–Crippen MR) is 64.5 cm³/mol. The Kier molecular flexibility index (Phi) is 3.89. The molecule has 0 heterocycles. The van der Waals surface area contributed by atoms with Gasteiger partial charge in [0.2, 0.25) is 0 Å². The number of anilines is 1. The summed E-state index contributed by atoms with van der Waals surface area (Å²) in [6.07, 6.45) is 0.615. The molecule has 0 unspecified atom stereocenters. The summed E-state index contributed by atoms with van der Waals surface area (Å²) in [5.74, 6) is 0.241. The minimum Gasteiger partial charge on any atom is -0.374 e. The highest BCUT2D eigenvalue weighted by molar-refractivity contribution is 5.76. The Labute approximate surface area is 91.9 Å². The number of nitrogens with zero attached hydrogens (tertiary/aromatic N) is 1. The predicted octanol–water partition coefficient (Wildman–Crippen LogP) is 2.72. The second kappa shape index (κ2) is 4.96. The Balaban J connectivity index is 2.69. The molecule has 0 aromatic heterocycles. The minimum atomic E-state index is 0.241. The number of aryl methyl sites for hydroxylation is 2. The number of hydrogen-bond donors (Lipinski definition) is 0. The quantitative estimate of drug-likeness (QED) is 0.753. The van der Waals surface area contributed by atoms with Gasteiger partial charge >= 0.3 is 0 Å². The van der Waals surface area contributed by atoms with E-state index in [0.717, 1.165) is 6.54 Å². The van der Waals surface area contributed by atoms with Crippen LogP contribution in [0.3, 0.4) is 0 Å². The van der Waals surface area contributed by atoms with Crippen molar-refractivity contribution in [2.75, 3.05) is 18.5 Å². The molecule has 2 nitrogen and oxygen atoms in total. The van der Waals surface area contributed by atoms with E-state index in [9.17, 15) is 4.79 Å². The van der Waals surface area contributed by atoms with Crippen LogP contribution >= 0.6 is 0 Å². The first-order valence-corrected chi connectivity index (χ1v) is 5.28. The van der Waals surface area contributed by atoms with Crippen LogP contribution in [-0.2, 0) is 4.79 Å². The molecule has 0 saturated carbocycles. The SMILES string of the molecule is CC(=O)CCN(C)c1ccc(C)c(C)c1. The lowest BCUT2D eigenvalue weighted by Crippen LogP contribution is -2.20. The number of benzene rings is 1. The van der Waals surface area contributed by atoms with Gasteiger partial charge in [0.25, 0.3) is 0 Å². The van der Waals surface area contributed by atoms with Crippen LogP contribution in [0.1, 0.15) is 24.5 Å². The first-order chi connectivity index (χ1) is 7.00. The lowest BCUT2D eigenvalue weighted by Gasteiger charge is -2.19. The second-order valence-electron chi connectivity index (χ2n) is 4.14. The third-order valence-electron chi connectivity index (χ3n) is 2.73. The van der Waals surface area contributed by atoms with Crippen LogP contribution in [0.15, 0.2) is 18.2 Å². The van der Waals surface area contributed by atoms with Crippen LogP contribution in [-0.4, -0.2) is 19.4 Å². The molecule has 0 radical (unpaired) electrons. The van der Waals surface area contributed by atoms with E-state index in [2.05, 4.69) is 36.9 Å². The summed E-state index contributed by atoms with van der Waals surface area (Å²) in [6, 6.07) is 6.38. The molecular weight excluding hydrogens is 186 g/mol. The van der Waals surface area contributed by atoms with Gasteiger partial charge in [-0.3, -0.25) is 4.79 Å². The van der Waals surface area contributed by atoms with Crippen LogP contribution < -0.4 is 4.90 Å². The average Bonchev–Trinajstić information content (AvgIpc) is 2.18. The van der Waals surface area contributed by atoms with Gasteiger partial charge in [-0.2, -0.15) is 0 Å². The van der Waals surface area contributed by atoms with E-state index in [4.69, 9.17) is 0 Å². The lowest BCUT2D eigenvalue weighted by atomic mass is 10.1. The molecule has 1 rings (SSSR count). The van der Waals surface area contributed by atoms with E-state index in [0.29, 0.717) is 6.42 Å². The van der Waals surface area contributed by atoms with Gasteiger partial charge in [-0.15, -0.1) is 0 Å². The third kappa shape index (κ3) is 3.39. The second-order valence-corrected chi connectivity index (χ2v) is 4.14. The molecule has 0 aliphatic heterocycles. The number of carbonyl (C=O) groups is 1. The summed E-state index contributed by atoms with van der Waals surface area (Å²) in [4.78, 5) is 13.0. The molecule has 0 saturated heterocycles. The summed E-state index contributed by atoms with van der Waals surface area (Å²) in [5, 5.41) is 0. The van der Waals surface area contributed by atoms with Crippen molar-refractivity contribution in [2.45, 2.75) is 27.2 Å². The third-order valence-corrected chi connectivity index (χ3v) is 2.73. The van der Waals surface area contributed by atoms with E-state index in [1.165, 1.54) is 16.8 Å². The molecule has 0 atom stereocenters. The molecule has 0 N–H and O–H groups in total. The van der Waals surface area contributed by atoms with E-state index >= 15 is 0 Å². The number of rotatable bonds is 4. The molecular formula is C13H19NO. The van der Waals surface area contributed by atoms with Crippen molar-refractivity contribution in [3.8, 4) is 0 Å². The van der Waals surface area contributed by atoms with Crippen LogP contribution in [0.25, 0.3) is 0 Å². The smallest absolute Gasteiger partial charge is 0.131 e. The summed E-state index contributed by atoms with van der Waals surface area (Å²) in [6.45, 7) is 6.64. The van der Waals surface area contributed by atoms with Crippen molar-refractivity contribution >= 4 is 11.5 Å². The molecule has 0 aliphatic rings. The first-order valence-electron chi connectivity index (χ1n) is 5.28. The number of ketones is 1.